The van der Waals surface area contributed by atoms with E-state index in [-0.39, 0.29) is 5.69 Å². The molecule has 0 amide bonds. The van der Waals surface area contributed by atoms with Crippen LogP contribution in [-0.2, 0) is 12.8 Å². The van der Waals surface area contributed by atoms with Crippen molar-refractivity contribution in [3.05, 3.63) is 39.5 Å². The summed E-state index contributed by atoms with van der Waals surface area (Å²) in [5.41, 5.74) is 0.829. The fourth-order valence-corrected chi connectivity index (χ4v) is 2.20. The number of hydrogen-bond donors (Lipinski definition) is 1. The zero-order valence-electron chi connectivity index (χ0n) is 8.48. The molecule has 0 spiro atoms. The number of hydrogen-bond acceptors (Lipinski definition) is 4. The summed E-state index contributed by atoms with van der Waals surface area (Å²) in [6.07, 6.45) is 1.65. The van der Waals surface area contributed by atoms with Crippen LogP contribution in [0.5, 0.6) is 0 Å². The van der Waals surface area contributed by atoms with Crippen LogP contribution >= 0.6 is 23.4 Å². The van der Waals surface area contributed by atoms with Crippen LogP contribution in [0.25, 0.3) is 0 Å². The molecular formula is C9H9ClN4OS. The maximum atomic E-state index is 11.1. The molecule has 16 heavy (non-hydrogen) atoms. The minimum Gasteiger partial charge on any atom is -0.273 e. The van der Waals surface area contributed by atoms with E-state index in [1.54, 1.807) is 19.3 Å². The van der Waals surface area contributed by atoms with Gasteiger partial charge in [-0.15, -0.1) is 5.10 Å². The molecule has 0 aliphatic rings. The number of nitrogens with one attached hydrogen (secondary N) is 1. The molecule has 0 radical (unpaired) electrons. The fourth-order valence-electron chi connectivity index (χ4n) is 1.14. The van der Waals surface area contributed by atoms with Gasteiger partial charge in [0.05, 0.1) is 0 Å². The van der Waals surface area contributed by atoms with Crippen LogP contribution in [0.2, 0.25) is 5.15 Å². The van der Waals surface area contributed by atoms with E-state index >= 15 is 0 Å². The molecule has 0 saturated carbocycles. The van der Waals surface area contributed by atoms with Crippen LogP contribution in [0, 0.1) is 0 Å². The standard InChI is InChI=1S/C9H9ClN4OS/c1-14-8(15)12-13-9(14)16-5-6-2-3-11-7(10)4-6/h2-4H,5H2,1H3,(H,12,15). The van der Waals surface area contributed by atoms with Crippen LogP contribution in [0.1, 0.15) is 5.56 Å². The zero-order chi connectivity index (χ0) is 11.5. The predicted octanol–water partition coefficient (Wildman–Crippen LogP) is 1.45. The van der Waals surface area contributed by atoms with Gasteiger partial charge in [0.15, 0.2) is 5.16 Å². The molecule has 0 aromatic carbocycles. The highest BCUT2D eigenvalue weighted by molar-refractivity contribution is 7.98. The van der Waals surface area contributed by atoms with Crippen molar-refractivity contribution < 1.29 is 0 Å². The molecule has 5 nitrogen and oxygen atoms in total. The second-order valence-corrected chi connectivity index (χ2v) is 4.48. The maximum absolute atomic E-state index is 11.1. The Labute approximate surface area is 101 Å². The Morgan fingerprint density at radius 1 is 1.62 bits per heavy atom. The van der Waals surface area contributed by atoms with Crippen LogP contribution in [-0.4, -0.2) is 19.7 Å². The second kappa shape index (κ2) is 4.71. The number of pyridine rings is 1. The van der Waals surface area contributed by atoms with E-state index in [9.17, 15) is 4.79 Å². The monoisotopic (exact) mass is 256 g/mol. The summed E-state index contributed by atoms with van der Waals surface area (Å²) in [6, 6.07) is 3.67. The van der Waals surface area contributed by atoms with Gasteiger partial charge in [-0.05, 0) is 17.7 Å². The highest BCUT2D eigenvalue weighted by atomic mass is 35.5. The molecule has 1 N–H and O–H groups in total. The number of aromatic amines is 1. The molecule has 0 fully saturated rings. The Morgan fingerprint density at radius 2 is 2.44 bits per heavy atom. The SMILES string of the molecule is Cn1c(SCc2ccnc(Cl)c2)n[nH]c1=O. The van der Waals surface area contributed by atoms with Gasteiger partial charge in [-0.3, -0.25) is 4.57 Å². The largest absolute Gasteiger partial charge is 0.343 e. The van der Waals surface area contributed by atoms with Crippen molar-refractivity contribution in [2.75, 3.05) is 0 Å². The van der Waals surface area contributed by atoms with E-state index in [1.165, 1.54) is 16.3 Å². The quantitative estimate of drug-likeness (QED) is 0.667. The van der Waals surface area contributed by atoms with Crippen molar-refractivity contribution in [2.45, 2.75) is 10.9 Å². The van der Waals surface area contributed by atoms with Gasteiger partial charge >= 0.3 is 5.69 Å². The molecule has 84 valence electrons. The topological polar surface area (TPSA) is 63.6 Å². The Morgan fingerprint density at radius 3 is 3.06 bits per heavy atom. The van der Waals surface area contributed by atoms with Gasteiger partial charge in [-0.2, -0.15) is 0 Å². The first-order valence-corrected chi connectivity index (χ1v) is 5.88. The lowest BCUT2D eigenvalue weighted by atomic mass is 10.3. The second-order valence-electron chi connectivity index (χ2n) is 3.15. The van der Waals surface area contributed by atoms with Crippen molar-refractivity contribution in [1.82, 2.24) is 19.7 Å². The molecule has 2 aromatic rings. The number of aromatic nitrogens is 4. The van der Waals surface area contributed by atoms with E-state index in [2.05, 4.69) is 15.2 Å². The molecule has 0 unspecified atom stereocenters. The summed E-state index contributed by atoms with van der Waals surface area (Å²) in [6.45, 7) is 0. The van der Waals surface area contributed by atoms with Crippen molar-refractivity contribution in [3.63, 3.8) is 0 Å². The minimum absolute atomic E-state index is 0.213. The van der Waals surface area contributed by atoms with Gasteiger partial charge in [0.1, 0.15) is 5.15 Å². The van der Waals surface area contributed by atoms with Crippen molar-refractivity contribution >= 4 is 23.4 Å². The number of rotatable bonds is 3. The predicted molar refractivity (Wildman–Crippen MR) is 62.6 cm³/mol. The van der Waals surface area contributed by atoms with E-state index < -0.39 is 0 Å². The highest BCUT2D eigenvalue weighted by Crippen LogP contribution is 2.19. The van der Waals surface area contributed by atoms with Gasteiger partial charge in [-0.1, -0.05) is 23.4 Å². The third kappa shape index (κ3) is 2.45. The first kappa shape index (κ1) is 11.2. The summed E-state index contributed by atoms with van der Waals surface area (Å²) >= 11 is 7.23. The number of halogens is 1. The molecule has 0 aliphatic carbocycles. The van der Waals surface area contributed by atoms with E-state index in [0.29, 0.717) is 16.1 Å². The molecular weight excluding hydrogens is 248 g/mol. The molecule has 2 rings (SSSR count). The lowest BCUT2D eigenvalue weighted by Crippen LogP contribution is -2.12. The van der Waals surface area contributed by atoms with Crippen LogP contribution in [0.3, 0.4) is 0 Å². The summed E-state index contributed by atoms with van der Waals surface area (Å²) < 4.78 is 1.47. The average Bonchev–Trinajstić information content (AvgIpc) is 2.57. The highest BCUT2D eigenvalue weighted by Gasteiger charge is 2.05. The summed E-state index contributed by atoms with van der Waals surface area (Å²) in [7, 11) is 1.67. The van der Waals surface area contributed by atoms with Crippen LogP contribution < -0.4 is 5.69 Å². The number of thioether (sulfide) groups is 1. The molecule has 2 aromatic heterocycles. The average molecular weight is 257 g/mol. The smallest absolute Gasteiger partial charge is 0.273 e. The Bertz CT molecular complexity index is 550. The van der Waals surface area contributed by atoms with Gasteiger partial charge in [0, 0.05) is 19.0 Å². The lowest BCUT2D eigenvalue weighted by Gasteiger charge is -2.00. The summed E-state index contributed by atoms with van der Waals surface area (Å²) in [5.74, 6) is 0.695. The third-order valence-corrected chi connectivity index (χ3v) is 3.31. The van der Waals surface area contributed by atoms with E-state index in [0.717, 1.165) is 5.56 Å². The first-order valence-electron chi connectivity index (χ1n) is 4.51. The summed E-state index contributed by atoms with van der Waals surface area (Å²) in [4.78, 5) is 15.0. The fraction of sp³-hybridized carbons (Fsp3) is 0.222. The van der Waals surface area contributed by atoms with Crippen molar-refractivity contribution in [3.8, 4) is 0 Å². The van der Waals surface area contributed by atoms with E-state index in [1.807, 2.05) is 6.07 Å². The first-order chi connectivity index (χ1) is 7.66. The maximum Gasteiger partial charge on any atom is 0.343 e. The van der Waals surface area contributed by atoms with Crippen molar-refractivity contribution in [1.29, 1.82) is 0 Å². The van der Waals surface area contributed by atoms with Gasteiger partial charge in [0.2, 0.25) is 0 Å². The van der Waals surface area contributed by atoms with Crippen LogP contribution in [0.15, 0.2) is 28.3 Å². The van der Waals surface area contributed by atoms with Crippen molar-refractivity contribution in [2.24, 2.45) is 7.05 Å². The molecule has 0 aliphatic heterocycles. The van der Waals surface area contributed by atoms with Crippen LogP contribution in [0.4, 0.5) is 0 Å². The van der Waals surface area contributed by atoms with E-state index in [4.69, 9.17) is 11.6 Å². The molecule has 7 heteroatoms. The normalized spacial score (nSPS) is 10.6. The lowest BCUT2D eigenvalue weighted by molar-refractivity contribution is 0.766. The third-order valence-electron chi connectivity index (χ3n) is 2.00. The van der Waals surface area contributed by atoms with Gasteiger partial charge < -0.3 is 0 Å². The van der Waals surface area contributed by atoms with Gasteiger partial charge in [-0.25, -0.2) is 14.9 Å². The molecule has 0 bridgehead atoms. The summed E-state index contributed by atoms with van der Waals surface area (Å²) in [5, 5.41) is 7.39. The Kier molecular flexibility index (Phi) is 3.31. The number of H-pyrrole nitrogens is 1. The Hall–Kier alpha value is -1.27. The zero-order valence-corrected chi connectivity index (χ0v) is 10.0. The Balaban J connectivity index is 2.08. The minimum atomic E-state index is -0.213. The molecule has 0 atom stereocenters. The molecule has 2 heterocycles. The molecule has 0 saturated heterocycles. The number of nitrogens with zero attached hydrogens (tertiary/aromatic N) is 3. The van der Waals surface area contributed by atoms with Gasteiger partial charge in [0.25, 0.3) is 0 Å².